The number of rotatable bonds is 65. The van der Waals surface area contributed by atoms with Crippen LogP contribution in [0, 0.1) is 0 Å². The molecule has 0 fully saturated rings. The standard InChI is InChI=1S/C53H104N4O20/c1-4-16-62-20-24-66-28-32-70-36-40-74-44-46-76-42-38-72-34-30-68-26-22-64-18-12-51(59)55-15-9-7-11-50(53(61)57-49(48(3)58)10-6-8-14-54)56-52(60)13-19-65-23-27-69-31-35-73-39-43-77-47-45-75-41-37-71-33-29-67-25-21-63-17-5-2/h49-50H,4-47,54H2,1-3H3,(H,55,59)(H,56,60)(H,57,61)/t49?,50-/m1/s1. The maximum absolute atomic E-state index is 13.4. The normalized spacial score (nSPS) is 12.3. The van der Waals surface area contributed by atoms with Crippen LogP contribution in [0.25, 0.3) is 0 Å². The zero-order chi connectivity index (χ0) is 56.0. The second kappa shape index (κ2) is 62.6. The lowest BCUT2D eigenvalue weighted by molar-refractivity contribution is -0.131. The number of carbonyl (C=O) groups is 4. The van der Waals surface area contributed by atoms with E-state index >= 15 is 0 Å². The van der Waals surface area contributed by atoms with Crippen molar-refractivity contribution in [2.24, 2.45) is 5.73 Å². The molecule has 456 valence electrons. The summed E-state index contributed by atoms with van der Waals surface area (Å²) in [6, 6.07) is -1.55. The highest BCUT2D eigenvalue weighted by Gasteiger charge is 2.25. The van der Waals surface area contributed by atoms with Crippen LogP contribution in [-0.2, 0) is 95.0 Å². The molecule has 5 N–H and O–H groups in total. The maximum Gasteiger partial charge on any atom is 0.243 e. The van der Waals surface area contributed by atoms with Crippen LogP contribution in [0.15, 0.2) is 0 Å². The Kier molecular flexibility index (Phi) is 60.5. The first-order valence-corrected chi connectivity index (χ1v) is 28.2. The molecule has 0 bridgehead atoms. The number of Topliss-reactive ketones (excluding diaryl/α,β-unsaturated/α-hetero) is 1. The van der Waals surface area contributed by atoms with Gasteiger partial charge in [0.2, 0.25) is 17.7 Å². The third kappa shape index (κ3) is 57.9. The van der Waals surface area contributed by atoms with Crippen LogP contribution >= 0.6 is 0 Å². The summed E-state index contributed by atoms with van der Waals surface area (Å²) in [6.07, 6.45) is 5.49. The predicted molar refractivity (Wildman–Crippen MR) is 287 cm³/mol. The summed E-state index contributed by atoms with van der Waals surface area (Å²) in [5.41, 5.74) is 5.62. The topological polar surface area (TPSA) is 278 Å². The number of hydrogen-bond acceptors (Lipinski definition) is 21. The molecule has 1 unspecified atom stereocenters. The van der Waals surface area contributed by atoms with Crippen molar-refractivity contribution < 1.29 is 95.0 Å². The van der Waals surface area contributed by atoms with Gasteiger partial charge in [-0.2, -0.15) is 0 Å². The van der Waals surface area contributed by atoms with E-state index in [0.29, 0.717) is 224 Å². The van der Waals surface area contributed by atoms with Crippen LogP contribution < -0.4 is 21.7 Å². The van der Waals surface area contributed by atoms with Crippen LogP contribution in [0.5, 0.6) is 0 Å². The summed E-state index contributed by atoms with van der Waals surface area (Å²) in [5, 5.41) is 8.48. The molecule has 2 atom stereocenters. The first kappa shape index (κ1) is 74.4. The minimum absolute atomic E-state index is 0.0298. The fourth-order valence-electron chi connectivity index (χ4n) is 6.37. The number of hydrogen-bond donors (Lipinski definition) is 4. The van der Waals surface area contributed by atoms with Gasteiger partial charge < -0.3 is 97.5 Å². The van der Waals surface area contributed by atoms with Crippen molar-refractivity contribution in [3.63, 3.8) is 0 Å². The number of ketones is 1. The molecule has 0 heterocycles. The lowest BCUT2D eigenvalue weighted by Crippen LogP contribution is -2.51. The van der Waals surface area contributed by atoms with Gasteiger partial charge in [-0.05, 0) is 64.8 Å². The zero-order valence-corrected chi connectivity index (χ0v) is 47.5. The van der Waals surface area contributed by atoms with Gasteiger partial charge in [0, 0.05) is 32.6 Å². The van der Waals surface area contributed by atoms with Gasteiger partial charge in [0.15, 0.2) is 5.78 Å². The van der Waals surface area contributed by atoms with Crippen molar-refractivity contribution in [1.29, 1.82) is 0 Å². The Hall–Kier alpha value is -2.60. The van der Waals surface area contributed by atoms with Crippen molar-refractivity contribution in [3.05, 3.63) is 0 Å². The Bertz CT molecular complexity index is 1280. The molecule has 0 aromatic heterocycles. The highest BCUT2D eigenvalue weighted by atomic mass is 16.6. The molecule has 0 aromatic rings. The highest BCUT2D eigenvalue weighted by Crippen LogP contribution is 2.07. The van der Waals surface area contributed by atoms with Crippen LogP contribution in [0.1, 0.15) is 85.0 Å². The second-order valence-electron chi connectivity index (χ2n) is 17.2. The molecular formula is C53H104N4O20. The molecular weight excluding hydrogens is 1010 g/mol. The lowest BCUT2D eigenvalue weighted by Gasteiger charge is -2.22. The number of ether oxygens (including phenoxy) is 16. The predicted octanol–water partition coefficient (Wildman–Crippen LogP) is 1.83. The quantitative estimate of drug-likeness (QED) is 0.0632. The van der Waals surface area contributed by atoms with E-state index in [1.54, 1.807) is 0 Å². The van der Waals surface area contributed by atoms with Gasteiger partial charge in [-0.1, -0.05) is 13.8 Å². The van der Waals surface area contributed by atoms with E-state index in [9.17, 15) is 19.2 Å². The minimum Gasteiger partial charge on any atom is -0.379 e. The maximum atomic E-state index is 13.4. The third-order valence-electron chi connectivity index (χ3n) is 10.5. The molecule has 3 amide bonds. The number of nitrogens with two attached hydrogens (primary N) is 1. The number of carbonyl (C=O) groups excluding carboxylic acids is 4. The summed E-state index contributed by atoms with van der Waals surface area (Å²) in [5.74, 6) is -1.14. The molecule has 0 aliphatic heterocycles. The summed E-state index contributed by atoms with van der Waals surface area (Å²) >= 11 is 0. The summed E-state index contributed by atoms with van der Waals surface area (Å²) in [4.78, 5) is 51.0. The van der Waals surface area contributed by atoms with Gasteiger partial charge in [0.25, 0.3) is 0 Å². The van der Waals surface area contributed by atoms with E-state index in [1.807, 2.05) is 0 Å². The van der Waals surface area contributed by atoms with E-state index < -0.39 is 18.0 Å². The van der Waals surface area contributed by atoms with E-state index in [2.05, 4.69) is 29.8 Å². The Morgan fingerprint density at radius 2 is 0.610 bits per heavy atom. The van der Waals surface area contributed by atoms with Crippen LogP contribution in [0.4, 0.5) is 0 Å². The van der Waals surface area contributed by atoms with Gasteiger partial charge in [-0.15, -0.1) is 0 Å². The molecule has 0 saturated carbocycles. The van der Waals surface area contributed by atoms with Gasteiger partial charge in [-0.3, -0.25) is 19.2 Å². The Morgan fingerprint density at radius 1 is 0.338 bits per heavy atom. The summed E-state index contributed by atoms with van der Waals surface area (Å²) in [7, 11) is 0. The molecule has 24 nitrogen and oxygen atoms in total. The van der Waals surface area contributed by atoms with Crippen LogP contribution in [0.3, 0.4) is 0 Å². The molecule has 77 heavy (non-hydrogen) atoms. The molecule has 0 spiro atoms. The Morgan fingerprint density at radius 3 is 0.909 bits per heavy atom. The van der Waals surface area contributed by atoms with Gasteiger partial charge in [-0.25, -0.2) is 0 Å². The average Bonchev–Trinajstić information content (AvgIpc) is 3.42. The molecule has 0 rings (SSSR count). The first-order valence-electron chi connectivity index (χ1n) is 28.2. The van der Waals surface area contributed by atoms with Gasteiger partial charge in [0.05, 0.1) is 204 Å². The van der Waals surface area contributed by atoms with E-state index in [-0.39, 0.29) is 50.3 Å². The van der Waals surface area contributed by atoms with Crippen LogP contribution in [-0.4, -0.2) is 260 Å². The van der Waals surface area contributed by atoms with E-state index in [0.717, 1.165) is 32.5 Å². The molecule has 0 saturated heterocycles. The smallest absolute Gasteiger partial charge is 0.243 e. The van der Waals surface area contributed by atoms with Crippen molar-refractivity contribution in [2.75, 3.05) is 225 Å². The molecule has 0 aliphatic carbocycles. The van der Waals surface area contributed by atoms with Gasteiger partial charge in [0.1, 0.15) is 6.04 Å². The monoisotopic (exact) mass is 1120 g/mol. The number of unbranched alkanes of at least 4 members (excludes halogenated alkanes) is 2. The van der Waals surface area contributed by atoms with Crippen molar-refractivity contribution in [1.82, 2.24) is 16.0 Å². The SMILES string of the molecule is CCCOCCOCCOCCOCCOCCOCCOCCOCCC(=O)NCCCC[C@@H](NC(=O)CCOCCOCCOCCOCCOCCOCCOCCOCCC)C(=O)NC(CCCCN)C(C)=O. The minimum atomic E-state index is -0.874. The van der Waals surface area contributed by atoms with Crippen molar-refractivity contribution in [2.45, 2.75) is 97.1 Å². The fourth-order valence-corrected chi connectivity index (χ4v) is 6.37. The largest absolute Gasteiger partial charge is 0.379 e. The lowest BCUT2D eigenvalue weighted by atomic mass is 10.0. The summed E-state index contributed by atoms with van der Waals surface area (Å²) in [6.45, 7) is 21.3. The first-order chi connectivity index (χ1) is 37.8. The average molecular weight is 1120 g/mol. The highest BCUT2D eigenvalue weighted by molar-refractivity contribution is 5.92. The van der Waals surface area contributed by atoms with E-state index in [4.69, 9.17) is 81.5 Å². The third-order valence-corrected chi connectivity index (χ3v) is 10.5. The molecule has 24 heteroatoms. The Labute approximate surface area is 460 Å². The molecule has 0 aliphatic rings. The fraction of sp³-hybridized carbons (Fsp3) is 0.925. The number of amides is 3. The summed E-state index contributed by atoms with van der Waals surface area (Å²) < 4.78 is 87.6. The molecule has 0 radical (unpaired) electrons. The Balaban J connectivity index is 4.02. The number of nitrogens with one attached hydrogen (secondary N) is 3. The zero-order valence-electron chi connectivity index (χ0n) is 47.5. The van der Waals surface area contributed by atoms with Crippen molar-refractivity contribution >= 4 is 23.5 Å². The van der Waals surface area contributed by atoms with Crippen LogP contribution in [0.2, 0.25) is 0 Å². The van der Waals surface area contributed by atoms with Gasteiger partial charge >= 0.3 is 0 Å². The second-order valence-corrected chi connectivity index (χ2v) is 17.2. The van der Waals surface area contributed by atoms with Crippen molar-refractivity contribution in [3.8, 4) is 0 Å². The molecule has 0 aromatic carbocycles. The van der Waals surface area contributed by atoms with E-state index in [1.165, 1.54) is 6.92 Å².